The molecule has 0 amide bonds. The highest BCUT2D eigenvalue weighted by molar-refractivity contribution is 5.85. The number of nitrogens with zero attached hydrogens (tertiary/aromatic N) is 1. The van der Waals surface area contributed by atoms with Crippen LogP contribution in [0.15, 0.2) is 0 Å². The van der Waals surface area contributed by atoms with Gasteiger partial charge in [0.05, 0.1) is 13.2 Å². The molecule has 5 heteroatoms. The first kappa shape index (κ1) is 12.5. The summed E-state index contributed by atoms with van der Waals surface area (Å²) in [6, 6.07) is 0.830. The molecule has 3 saturated heterocycles. The van der Waals surface area contributed by atoms with Crippen molar-refractivity contribution < 1.29 is 4.74 Å². The molecule has 14 heavy (non-hydrogen) atoms. The van der Waals surface area contributed by atoms with E-state index >= 15 is 0 Å². The van der Waals surface area contributed by atoms with Crippen molar-refractivity contribution in [2.75, 3.05) is 39.4 Å². The van der Waals surface area contributed by atoms with E-state index in [1.807, 2.05) is 0 Å². The van der Waals surface area contributed by atoms with E-state index in [1.54, 1.807) is 0 Å². The van der Waals surface area contributed by atoms with Crippen LogP contribution in [-0.4, -0.2) is 50.3 Å². The first-order valence-electron chi connectivity index (χ1n) is 4.91. The fourth-order valence-electron chi connectivity index (χ4n) is 2.60. The fourth-order valence-corrected chi connectivity index (χ4v) is 2.60. The van der Waals surface area contributed by atoms with E-state index in [0.717, 1.165) is 19.3 Å². The van der Waals surface area contributed by atoms with Gasteiger partial charge in [-0.05, 0) is 13.0 Å². The third-order valence-electron chi connectivity index (χ3n) is 3.44. The van der Waals surface area contributed by atoms with E-state index in [9.17, 15) is 0 Å². The maximum atomic E-state index is 5.25. The Morgan fingerprint density at radius 1 is 1.21 bits per heavy atom. The lowest BCUT2D eigenvalue weighted by Gasteiger charge is -2.57. The van der Waals surface area contributed by atoms with Crippen LogP contribution in [0.25, 0.3) is 0 Å². The van der Waals surface area contributed by atoms with Crippen LogP contribution in [0.5, 0.6) is 0 Å². The summed E-state index contributed by atoms with van der Waals surface area (Å²) in [4.78, 5) is 2.61. The Balaban J connectivity index is 0.000000490. The van der Waals surface area contributed by atoms with Gasteiger partial charge in [-0.3, -0.25) is 4.90 Å². The number of likely N-dealkylation sites (tertiary alicyclic amines) is 1. The molecule has 0 unspecified atom stereocenters. The van der Waals surface area contributed by atoms with E-state index in [2.05, 4.69) is 10.2 Å². The normalized spacial score (nSPS) is 33.9. The summed E-state index contributed by atoms with van der Waals surface area (Å²) in [5.74, 6) is 0. The summed E-state index contributed by atoms with van der Waals surface area (Å²) in [7, 11) is 0. The summed E-state index contributed by atoms with van der Waals surface area (Å²) in [6.45, 7) is 7.04. The SMILES string of the molecule is C1C[C@@H](N2CC3(COC3)C2)CN1.Cl.Cl. The van der Waals surface area contributed by atoms with Crippen LogP contribution in [0.1, 0.15) is 6.42 Å². The lowest BCUT2D eigenvalue weighted by molar-refractivity contribution is -0.196. The number of ether oxygens (including phenoxy) is 1. The first-order valence-corrected chi connectivity index (χ1v) is 4.91. The molecule has 3 aliphatic rings. The minimum absolute atomic E-state index is 0. The highest BCUT2D eigenvalue weighted by atomic mass is 35.5. The zero-order valence-electron chi connectivity index (χ0n) is 8.20. The molecule has 3 heterocycles. The summed E-state index contributed by atoms with van der Waals surface area (Å²) in [6.07, 6.45) is 1.34. The smallest absolute Gasteiger partial charge is 0.0569 e. The fraction of sp³-hybridized carbons (Fsp3) is 1.00. The quantitative estimate of drug-likeness (QED) is 0.724. The number of hydrogen-bond acceptors (Lipinski definition) is 3. The topological polar surface area (TPSA) is 24.5 Å². The molecule has 0 aromatic carbocycles. The van der Waals surface area contributed by atoms with Gasteiger partial charge in [0.15, 0.2) is 0 Å². The van der Waals surface area contributed by atoms with Crippen molar-refractivity contribution in [2.45, 2.75) is 12.5 Å². The van der Waals surface area contributed by atoms with E-state index < -0.39 is 0 Å². The predicted molar refractivity (Wildman–Crippen MR) is 60.6 cm³/mol. The molecular weight excluding hydrogens is 223 g/mol. The highest BCUT2D eigenvalue weighted by Gasteiger charge is 2.50. The molecule has 1 spiro atoms. The Morgan fingerprint density at radius 2 is 1.93 bits per heavy atom. The summed E-state index contributed by atoms with van der Waals surface area (Å²) < 4.78 is 5.25. The van der Waals surface area contributed by atoms with Gasteiger partial charge in [0.2, 0.25) is 0 Å². The van der Waals surface area contributed by atoms with Crippen molar-refractivity contribution >= 4 is 24.8 Å². The molecule has 3 aliphatic heterocycles. The van der Waals surface area contributed by atoms with Crippen LogP contribution in [0.3, 0.4) is 0 Å². The van der Waals surface area contributed by atoms with E-state index in [-0.39, 0.29) is 24.8 Å². The Morgan fingerprint density at radius 3 is 2.36 bits per heavy atom. The van der Waals surface area contributed by atoms with E-state index in [0.29, 0.717) is 5.41 Å². The van der Waals surface area contributed by atoms with E-state index in [4.69, 9.17) is 4.74 Å². The number of rotatable bonds is 1. The second kappa shape index (κ2) is 4.54. The molecular formula is C9H18Cl2N2O. The van der Waals surface area contributed by atoms with Crippen molar-refractivity contribution in [3.63, 3.8) is 0 Å². The molecule has 0 aromatic heterocycles. The van der Waals surface area contributed by atoms with Gasteiger partial charge < -0.3 is 10.1 Å². The van der Waals surface area contributed by atoms with Crippen molar-refractivity contribution in [1.82, 2.24) is 10.2 Å². The second-order valence-corrected chi connectivity index (χ2v) is 4.54. The highest BCUT2D eigenvalue weighted by Crippen LogP contribution is 2.39. The van der Waals surface area contributed by atoms with Crippen LogP contribution in [0, 0.1) is 5.41 Å². The van der Waals surface area contributed by atoms with Crippen molar-refractivity contribution in [1.29, 1.82) is 0 Å². The number of halogens is 2. The Labute approximate surface area is 97.4 Å². The maximum Gasteiger partial charge on any atom is 0.0569 e. The average molecular weight is 241 g/mol. The monoisotopic (exact) mass is 240 g/mol. The molecule has 3 fully saturated rings. The third-order valence-corrected chi connectivity index (χ3v) is 3.44. The van der Waals surface area contributed by atoms with Crippen molar-refractivity contribution in [3.05, 3.63) is 0 Å². The zero-order chi connectivity index (χ0) is 8.02. The lowest BCUT2D eigenvalue weighted by Crippen LogP contribution is -2.68. The van der Waals surface area contributed by atoms with Crippen LogP contribution in [0.4, 0.5) is 0 Å². The molecule has 0 bridgehead atoms. The summed E-state index contributed by atoms with van der Waals surface area (Å²) in [5.41, 5.74) is 0.600. The van der Waals surface area contributed by atoms with Gasteiger partial charge in [0, 0.05) is 31.1 Å². The van der Waals surface area contributed by atoms with Crippen molar-refractivity contribution in [3.8, 4) is 0 Å². The zero-order valence-corrected chi connectivity index (χ0v) is 9.83. The lowest BCUT2D eigenvalue weighted by atomic mass is 9.77. The van der Waals surface area contributed by atoms with Crippen LogP contribution in [-0.2, 0) is 4.74 Å². The van der Waals surface area contributed by atoms with Crippen LogP contribution >= 0.6 is 24.8 Å². The Bertz CT molecular complexity index is 185. The number of hydrogen-bond donors (Lipinski definition) is 1. The minimum Gasteiger partial charge on any atom is -0.380 e. The molecule has 84 valence electrons. The molecule has 3 nitrogen and oxygen atoms in total. The van der Waals surface area contributed by atoms with Gasteiger partial charge in [-0.2, -0.15) is 0 Å². The summed E-state index contributed by atoms with van der Waals surface area (Å²) in [5, 5.41) is 3.41. The van der Waals surface area contributed by atoms with Gasteiger partial charge in [-0.15, -0.1) is 24.8 Å². The maximum absolute atomic E-state index is 5.25. The standard InChI is InChI=1S/C9H16N2O.2ClH/c1-2-10-3-8(1)11-4-9(5-11)6-12-7-9;;/h8,10H,1-7H2;2*1H/t8-;;/m1../s1. The molecule has 0 radical (unpaired) electrons. The van der Waals surface area contributed by atoms with Crippen LogP contribution < -0.4 is 5.32 Å². The Kier molecular flexibility index (Phi) is 4.06. The van der Waals surface area contributed by atoms with Gasteiger partial charge >= 0.3 is 0 Å². The van der Waals surface area contributed by atoms with Crippen molar-refractivity contribution in [2.24, 2.45) is 5.41 Å². The second-order valence-electron chi connectivity index (χ2n) is 4.54. The molecule has 0 aliphatic carbocycles. The largest absolute Gasteiger partial charge is 0.380 e. The molecule has 1 atom stereocenters. The van der Waals surface area contributed by atoms with Gasteiger partial charge in [-0.25, -0.2) is 0 Å². The predicted octanol–water partition coefficient (Wildman–Crippen LogP) is 0.524. The van der Waals surface area contributed by atoms with Gasteiger partial charge in [-0.1, -0.05) is 0 Å². The molecule has 0 aromatic rings. The van der Waals surface area contributed by atoms with E-state index in [1.165, 1.54) is 32.6 Å². The molecule has 1 N–H and O–H groups in total. The first-order chi connectivity index (χ1) is 5.88. The van der Waals surface area contributed by atoms with Gasteiger partial charge in [0.1, 0.15) is 0 Å². The van der Waals surface area contributed by atoms with Crippen LogP contribution in [0.2, 0.25) is 0 Å². The molecule has 0 saturated carbocycles. The average Bonchev–Trinajstić information content (AvgIpc) is 2.32. The molecule has 3 rings (SSSR count). The number of nitrogens with one attached hydrogen (secondary N) is 1. The van der Waals surface area contributed by atoms with Gasteiger partial charge in [0.25, 0.3) is 0 Å². The third kappa shape index (κ3) is 1.89. The summed E-state index contributed by atoms with van der Waals surface area (Å²) >= 11 is 0. The minimum atomic E-state index is 0. The Hall–Kier alpha value is 0.460.